The molecule has 1 aromatic carbocycles. The van der Waals surface area contributed by atoms with E-state index in [0.29, 0.717) is 6.54 Å². The van der Waals surface area contributed by atoms with Crippen molar-refractivity contribution in [3.63, 3.8) is 0 Å². The summed E-state index contributed by atoms with van der Waals surface area (Å²) in [5.41, 5.74) is -0.0518. The topological polar surface area (TPSA) is 54.9 Å². The fourth-order valence-electron chi connectivity index (χ4n) is 1.39. The van der Waals surface area contributed by atoms with Crippen LogP contribution in [-0.4, -0.2) is 9.55 Å². The molecule has 17 heavy (non-hydrogen) atoms. The van der Waals surface area contributed by atoms with Crippen LogP contribution in [0, 0.1) is 3.57 Å². The van der Waals surface area contributed by atoms with Crippen LogP contribution in [0.3, 0.4) is 0 Å². The van der Waals surface area contributed by atoms with Gasteiger partial charge >= 0.3 is 5.69 Å². The molecule has 0 aliphatic rings. The lowest BCUT2D eigenvalue weighted by Crippen LogP contribution is -2.29. The van der Waals surface area contributed by atoms with Crippen LogP contribution >= 0.6 is 34.2 Å². The molecular formula is C11H8ClIN2O2. The van der Waals surface area contributed by atoms with E-state index in [-0.39, 0.29) is 5.02 Å². The van der Waals surface area contributed by atoms with Crippen LogP contribution in [0.15, 0.2) is 40.1 Å². The number of hydrogen-bond acceptors (Lipinski definition) is 2. The summed E-state index contributed by atoms with van der Waals surface area (Å²) in [6.07, 6.45) is 1.35. The molecule has 0 bridgehead atoms. The third-order valence-electron chi connectivity index (χ3n) is 2.23. The van der Waals surface area contributed by atoms with Crippen LogP contribution < -0.4 is 11.2 Å². The van der Waals surface area contributed by atoms with Gasteiger partial charge in [-0.25, -0.2) is 4.79 Å². The molecule has 4 nitrogen and oxygen atoms in total. The lowest BCUT2D eigenvalue weighted by atomic mass is 10.2. The zero-order chi connectivity index (χ0) is 12.4. The van der Waals surface area contributed by atoms with Gasteiger partial charge in [-0.2, -0.15) is 0 Å². The predicted octanol–water partition coefficient (Wildman–Crippen LogP) is 1.84. The summed E-state index contributed by atoms with van der Waals surface area (Å²) < 4.78 is 2.49. The first-order valence-electron chi connectivity index (χ1n) is 4.80. The molecule has 2 aromatic rings. The lowest BCUT2D eigenvalue weighted by molar-refractivity contribution is 0.720. The molecule has 0 unspecified atom stereocenters. The molecule has 1 heterocycles. The minimum atomic E-state index is -0.560. The first-order chi connectivity index (χ1) is 8.06. The second-order valence-electron chi connectivity index (χ2n) is 3.49. The first kappa shape index (κ1) is 12.4. The molecule has 88 valence electrons. The van der Waals surface area contributed by atoms with E-state index in [4.69, 9.17) is 11.6 Å². The maximum absolute atomic E-state index is 11.5. The highest BCUT2D eigenvalue weighted by Crippen LogP contribution is 2.08. The molecule has 1 N–H and O–H groups in total. The van der Waals surface area contributed by atoms with Crippen molar-refractivity contribution in [1.82, 2.24) is 9.55 Å². The fraction of sp³-hybridized carbons (Fsp3) is 0.0909. The van der Waals surface area contributed by atoms with Crippen LogP contribution in [0.2, 0.25) is 5.02 Å². The van der Waals surface area contributed by atoms with Crippen molar-refractivity contribution in [2.45, 2.75) is 6.54 Å². The quantitative estimate of drug-likeness (QED) is 0.829. The zero-order valence-corrected chi connectivity index (χ0v) is 11.5. The van der Waals surface area contributed by atoms with Gasteiger partial charge in [0.15, 0.2) is 0 Å². The number of nitrogens with zero attached hydrogens (tertiary/aromatic N) is 1. The Morgan fingerprint density at radius 3 is 2.53 bits per heavy atom. The maximum Gasteiger partial charge on any atom is 0.328 e. The van der Waals surface area contributed by atoms with Gasteiger partial charge in [-0.1, -0.05) is 23.7 Å². The van der Waals surface area contributed by atoms with E-state index in [1.54, 1.807) is 0 Å². The van der Waals surface area contributed by atoms with Crippen molar-refractivity contribution in [2.75, 3.05) is 0 Å². The SMILES string of the molecule is O=c1[nH]c(=O)n(Cc2ccc(I)cc2)cc1Cl. The predicted molar refractivity (Wildman–Crippen MR) is 74.6 cm³/mol. The van der Waals surface area contributed by atoms with Crippen molar-refractivity contribution in [3.8, 4) is 0 Å². The number of benzene rings is 1. The summed E-state index contributed by atoms with van der Waals surface area (Å²) in [5, 5.41) is 0.00936. The summed E-state index contributed by atoms with van der Waals surface area (Å²) in [7, 11) is 0. The van der Waals surface area contributed by atoms with Crippen LogP contribution in [0.25, 0.3) is 0 Å². The van der Waals surface area contributed by atoms with E-state index in [9.17, 15) is 9.59 Å². The van der Waals surface area contributed by atoms with E-state index in [1.807, 2.05) is 24.3 Å². The van der Waals surface area contributed by atoms with Gasteiger partial charge in [-0.3, -0.25) is 14.3 Å². The normalized spacial score (nSPS) is 10.5. The van der Waals surface area contributed by atoms with Gasteiger partial charge in [0.05, 0.1) is 6.54 Å². The summed E-state index contributed by atoms with van der Waals surface area (Å²) in [5.74, 6) is 0. The monoisotopic (exact) mass is 362 g/mol. The Labute approximate surface area is 115 Å². The molecule has 0 radical (unpaired) electrons. The third-order valence-corrected chi connectivity index (χ3v) is 3.22. The lowest BCUT2D eigenvalue weighted by Gasteiger charge is -2.05. The van der Waals surface area contributed by atoms with Crippen molar-refractivity contribution in [1.29, 1.82) is 0 Å². The number of aromatic amines is 1. The molecule has 2 rings (SSSR count). The van der Waals surface area contributed by atoms with Gasteiger partial charge in [0.1, 0.15) is 5.02 Å². The molecule has 0 aliphatic heterocycles. The van der Waals surface area contributed by atoms with E-state index in [1.165, 1.54) is 10.8 Å². The highest BCUT2D eigenvalue weighted by atomic mass is 127. The second-order valence-corrected chi connectivity index (χ2v) is 5.14. The van der Waals surface area contributed by atoms with Crippen molar-refractivity contribution in [2.24, 2.45) is 0 Å². The van der Waals surface area contributed by atoms with E-state index in [2.05, 4.69) is 27.6 Å². The average Bonchev–Trinajstić information content (AvgIpc) is 2.29. The van der Waals surface area contributed by atoms with Crippen LogP contribution in [0.4, 0.5) is 0 Å². The largest absolute Gasteiger partial charge is 0.328 e. The van der Waals surface area contributed by atoms with E-state index >= 15 is 0 Å². The first-order valence-corrected chi connectivity index (χ1v) is 6.25. The molecule has 0 spiro atoms. The molecule has 0 saturated heterocycles. The summed E-state index contributed by atoms with van der Waals surface area (Å²) in [6.45, 7) is 0.381. The Morgan fingerprint density at radius 2 is 1.88 bits per heavy atom. The molecule has 6 heteroatoms. The van der Waals surface area contributed by atoms with Gasteiger partial charge in [0, 0.05) is 9.77 Å². The van der Waals surface area contributed by atoms with Crippen molar-refractivity contribution in [3.05, 3.63) is 65.5 Å². The Balaban J connectivity index is 2.36. The Morgan fingerprint density at radius 1 is 1.24 bits per heavy atom. The second kappa shape index (κ2) is 5.05. The Kier molecular flexibility index (Phi) is 3.68. The van der Waals surface area contributed by atoms with Gasteiger partial charge in [0.2, 0.25) is 0 Å². The Bertz CT molecular complexity index is 646. The number of rotatable bonds is 2. The van der Waals surface area contributed by atoms with Crippen LogP contribution in [0.5, 0.6) is 0 Å². The molecular weight excluding hydrogens is 354 g/mol. The van der Waals surface area contributed by atoms with Crippen LogP contribution in [-0.2, 0) is 6.54 Å². The third kappa shape index (κ3) is 2.98. The van der Waals surface area contributed by atoms with Gasteiger partial charge in [-0.15, -0.1) is 0 Å². The smallest absolute Gasteiger partial charge is 0.295 e. The summed E-state index contributed by atoms with van der Waals surface area (Å²) in [4.78, 5) is 24.8. The zero-order valence-electron chi connectivity index (χ0n) is 8.61. The van der Waals surface area contributed by atoms with Gasteiger partial charge in [0.25, 0.3) is 5.56 Å². The van der Waals surface area contributed by atoms with Gasteiger partial charge < -0.3 is 0 Å². The Hall–Kier alpha value is -1.08. The molecule has 0 saturated carbocycles. The molecule has 0 fully saturated rings. The molecule has 0 aliphatic carbocycles. The number of nitrogens with one attached hydrogen (secondary N) is 1. The molecule has 1 aromatic heterocycles. The average molecular weight is 363 g/mol. The fourth-order valence-corrected chi connectivity index (χ4v) is 1.91. The van der Waals surface area contributed by atoms with Crippen LogP contribution in [0.1, 0.15) is 5.56 Å². The summed E-state index contributed by atoms with van der Waals surface area (Å²) >= 11 is 7.88. The number of hydrogen-bond donors (Lipinski definition) is 1. The molecule has 0 amide bonds. The minimum Gasteiger partial charge on any atom is -0.295 e. The standard InChI is InChI=1S/C11H8ClIN2O2/c12-9-6-15(11(17)14-10(9)16)5-7-1-3-8(13)4-2-7/h1-4,6H,5H2,(H,14,16,17). The van der Waals surface area contributed by atoms with Crippen molar-refractivity contribution < 1.29 is 0 Å². The highest BCUT2D eigenvalue weighted by molar-refractivity contribution is 14.1. The number of H-pyrrole nitrogens is 1. The number of halogens is 2. The maximum atomic E-state index is 11.5. The van der Waals surface area contributed by atoms with E-state index in [0.717, 1.165) is 9.13 Å². The highest BCUT2D eigenvalue weighted by Gasteiger charge is 2.02. The van der Waals surface area contributed by atoms with Gasteiger partial charge in [-0.05, 0) is 40.3 Å². The van der Waals surface area contributed by atoms with Crippen molar-refractivity contribution >= 4 is 34.2 Å². The summed E-state index contributed by atoms with van der Waals surface area (Å²) in [6, 6.07) is 7.75. The number of aromatic nitrogens is 2. The molecule has 0 atom stereocenters. The minimum absolute atomic E-state index is 0.00936. The van der Waals surface area contributed by atoms with E-state index < -0.39 is 11.2 Å².